The molecule has 0 fully saturated rings. The SMILES string of the molecule is Cc1ccc(-n2c(C)cc(/C=N\NC(=O)[C@H](C#N)c3ccccc3)c2C)cc1. The average Bonchev–Trinajstić information content (AvgIpc) is 2.97. The van der Waals surface area contributed by atoms with Crippen molar-refractivity contribution in [2.24, 2.45) is 5.10 Å². The molecule has 0 aliphatic rings. The van der Waals surface area contributed by atoms with Gasteiger partial charge in [-0.25, -0.2) is 5.43 Å². The molecule has 0 radical (unpaired) electrons. The highest BCUT2D eigenvalue weighted by Crippen LogP contribution is 2.20. The number of aromatic nitrogens is 1. The van der Waals surface area contributed by atoms with E-state index in [4.69, 9.17) is 0 Å². The van der Waals surface area contributed by atoms with Gasteiger partial charge in [-0.15, -0.1) is 0 Å². The van der Waals surface area contributed by atoms with E-state index in [2.05, 4.69) is 46.3 Å². The van der Waals surface area contributed by atoms with Crippen LogP contribution in [0, 0.1) is 32.1 Å². The molecule has 2 aromatic carbocycles. The molecule has 140 valence electrons. The largest absolute Gasteiger partial charge is 0.318 e. The second-order valence-corrected chi connectivity index (χ2v) is 6.70. The number of nitrogens with zero attached hydrogens (tertiary/aromatic N) is 3. The lowest BCUT2D eigenvalue weighted by Crippen LogP contribution is -2.24. The molecule has 3 rings (SSSR count). The fourth-order valence-corrected chi connectivity index (χ4v) is 3.17. The van der Waals surface area contributed by atoms with Crippen molar-refractivity contribution in [3.63, 3.8) is 0 Å². The summed E-state index contributed by atoms with van der Waals surface area (Å²) in [7, 11) is 0. The van der Waals surface area contributed by atoms with Gasteiger partial charge in [-0.3, -0.25) is 4.79 Å². The van der Waals surface area contributed by atoms with Crippen LogP contribution in [-0.4, -0.2) is 16.7 Å². The van der Waals surface area contributed by atoms with Gasteiger partial charge in [-0.1, -0.05) is 48.0 Å². The highest BCUT2D eigenvalue weighted by atomic mass is 16.2. The zero-order chi connectivity index (χ0) is 20.1. The van der Waals surface area contributed by atoms with Crippen LogP contribution in [0.15, 0.2) is 65.8 Å². The Morgan fingerprint density at radius 1 is 1.11 bits per heavy atom. The zero-order valence-electron chi connectivity index (χ0n) is 16.2. The van der Waals surface area contributed by atoms with Crippen LogP contribution in [-0.2, 0) is 4.79 Å². The average molecular weight is 370 g/mol. The first kappa shape index (κ1) is 19.1. The summed E-state index contributed by atoms with van der Waals surface area (Å²) in [4.78, 5) is 12.3. The molecule has 1 atom stereocenters. The minimum atomic E-state index is -0.890. The lowest BCUT2D eigenvalue weighted by molar-refractivity contribution is -0.121. The Morgan fingerprint density at radius 2 is 1.79 bits per heavy atom. The molecule has 5 heteroatoms. The topological polar surface area (TPSA) is 70.2 Å². The number of carbonyl (C=O) groups excluding carboxylic acids is 1. The van der Waals surface area contributed by atoms with E-state index in [1.54, 1.807) is 30.5 Å². The standard InChI is InChI=1S/C23H22N4O/c1-16-9-11-21(12-10-16)27-17(2)13-20(18(27)3)15-25-26-23(28)22(14-24)19-7-5-4-6-8-19/h4-13,15,22H,1-3H3,(H,26,28)/b25-15-/t22-/m1/s1. The van der Waals surface area contributed by atoms with Crippen LogP contribution in [0.1, 0.15) is 34.0 Å². The van der Waals surface area contributed by atoms with E-state index in [1.165, 1.54) is 5.56 Å². The summed E-state index contributed by atoms with van der Waals surface area (Å²) < 4.78 is 2.14. The second kappa shape index (κ2) is 8.36. The number of aryl methyl sites for hydroxylation is 2. The smallest absolute Gasteiger partial charge is 0.261 e. The molecule has 0 saturated heterocycles. The van der Waals surface area contributed by atoms with Gasteiger partial charge in [0.15, 0.2) is 5.92 Å². The number of amides is 1. The number of nitrogens with one attached hydrogen (secondary N) is 1. The summed E-state index contributed by atoms with van der Waals surface area (Å²) in [6, 6.07) is 21.3. The van der Waals surface area contributed by atoms with Crippen LogP contribution in [0.25, 0.3) is 5.69 Å². The highest BCUT2D eigenvalue weighted by molar-refractivity contribution is 5.88. The summed E-state index contributed by atoms with van der Waals surface area (Å²) >= 11 is 0. The summed E-state index contributed by atoms with van der Waals surface area (Å²) in [5.41, 5.74) is 8.43. The van der Waals surface area contributed by atoms with Crippen LogP contribution in [0.5, 0.6) is 0 Å². The van der Waals surface area contributed by atoms with Crippen LogP contribution in [0.4, 0.5) is 0 Å². The summed E-state index contributed by atoms with van der Waals surface area (Å²) in [6.07, 6.45) is 1.62. The van der Waals surface area contributed by atoms with Crippen molar-refractivity contribution in [1.82, 2.24) is 9.99 Å². The van der Waals surface area contributed by atoms with E-state index in [-0.39, 0.29) is 0 Å². The van der Waals surface area contributed by atoms with Gasteiger partial charge in [0, 0.05) is 22.6 Å². The molecule has 0 bridgehead atoms. The Hall–Kier alpha value is -3.65. The van der Waals surface area contributed by atoms with Gasteiger partial charge >= 0.3 is 0 Å². The number of carbonyl (C=O) groups is 1. The third-order valence-corrected chi connectivity index (χ3v) is 4.67. The van der Waals surface area contributed by atoms with E-state index in [1.807, 2.05) is 32.0 Å². The molecule has 0 aliphatic carbocycles. The quantitative estimate of drug-likeness (QED) is 0.541. The van der Waals surface area contributed by atoms with Crippen LogP contribution in [0.2, 0.25) is 0 Å². The lowest BCUT2D eigenvalue weighted by Gasteiger charge is -2.10. The third kappa shape index (κ3) is 4.02. The molecule has 0 spiro atoms. The maximum Gasteiger partial charge on any atom is 0.261 e. The molecule has 3 aromatic rings. The fourth-order valence-electron chi connectivity index (χ4n) is 3.17. The lowest BCUT2D eigenvalue weighted by atomic mass is 10.0. The minimum absolute atomic E-state index is 0.447. The van der Waals surface area contributed by atoms with Crippen LogP contribution < -0.4 is 5.43 Å². The number of benzene rings is 2. The van der Waals surface area contributed by atoms with Crippen LogP contribution >= 0.6 is 0 Å². The summed E-state index contributed by atoms with van der Waals surface area (Å²) in [5.74, 6) is -1.34. The predicted octanol–water partition coefficient (Wildman–Crippen LogP) is 4.16. The maximum atomic E-state index is 12.3. The predicted molar refractivity (Wildman–Crippen MR) is 111 cm³/mol. The van der Waals surface area contributed by atoms with Gasteiger partial charge < -0.3 is 4.57 Å². The van der Waals surface area contributed by atoms with E-state index in [0.29, 0.717) is 5.56 Å². The number of hydrogen-bond acceptors (Lipinski definition) is 3. The highest BCUT2D eigenvalue weighted by Gasteiger charge is 2.19. The number of nitriles is 1. The number of hydrazone groups is 1. The molecule has 0 unspecified atom stereocenters. The number of hydrogen-bond donors (Lipinski definition) is 1. The first-order chi connectivity index (χ1) is 13.5. The summed E-state index contributed by atoms with van der Waals surface area (Å²) in [6.45, 7) is 6.10. The van der Waals surface area contributed by atoms with Gasteiger partial charge in [0.1, 0.15) is 0 Å². The first-order valence-electron chi connectivity index (χ1n) is 9.04. The van der Waals surface area contributed by atoms with Gasteiger partial charge in [-0.05, 0) is 44.5 Å². The Balaban J connectivity index is 1.76. The van der Waals surface area contributed by atoms with E-state index in [9.17, 15) is 10.1 Å². The van der Waals surface area contributed by atoms with E-state index in [0.717, 1.165) is 22.6 Å². The van der Waals surface area contributed by atoms with Gasteiger partial charge in [-0.2, -0.15) is 10.4 Å². The Bertz CT molecular complexity index is 1040. The van der Waals surface area contributed by atoms with Crippen molar-refractivity contribution in [3.05, 3.63) is 88.7 Å². The van der Waals surface area contributed by atoms with E-state index < -0.39 is 11.8 Å². The Labute approximate surface area is 164 Å². The fraction of sp³-hybridized carbons (Fsp3) is 0.174. The molecule has 5 nitrogen and oxygen atoms in total. The molecule has 0 aliphatic heterocycles. The monoisotopic (exact) mass is 370 g/mol. The molecule has 1 aromatic heterocycles. The molecule has 1 amide bonds. The molecular formula is C23H22N4O. The van der Waals surface area contributed by atoms with Gasteiger partial charge in [0.05, 0.1) is 12.3 Å². The second-order valence-electron chi connectivity index (χ2n) is 6.70. The Kier molecular flexibility index (Phi) is 5.71. The third-order valence-electron chi connectivity index (χ3n) is 4.67. The normalized spacial score (nSPS) is 11.9. The number of rotatable bonds is 5. The Morgan fingerprint density at radius 3 is 2.43 bits per heavy atom. The van der Waals surface area contributed by atoms with Crippen molar-refractivity contribution in [2.75, 3.05) is 0 Å². The molecule has 28 heavy (non-hydrogen) atoms. The molecule has 0 saturated carbocycles. The van der Waals surface area contributed by atoms with Crippen molar-refractivity contribution in [2.45, 2.75) is 26.7 Å². The van der Waals surface area contributed by atoms with Gasteiger partial charge in [0.2, 0.25) is 0 Å². The summed E-state index contributed by atoms with van der Waals surface area (Å²) in [5, 5.41) is 13.4. The molecule has 1 heterocycles. The van der Waals surface area contributed by atoms with Crippen LogP contribution in [0.3, 0.4) is 0 Å². The van der Waals surface area contributed by atoms with Crippen molar-refractivity contribution < 1.29 is 4.79 Å². The zero-order valence-corrected chi connectivity index (χ0v) is 16.2. The minimum Gasteiger partial charge on any atom is -0.318 e. The van der Waals surface area contributed by atoms with Crippen molar-refractivity contribution >= 4 is 12.1 Å². The maximum absolute atomic E-state index is 12.3. The van der Waals surface area contributed by atoms with Crippen molar-refractivity contribution in [3.8, 4) is 11.8 Å². The van der Waals surface area contributed by atoms with Crippen molar-refractivity contribution in [1.29, 1.82) is 5.26 Å². The molecule has 1 N–H and O–H groups in total. The van der Waals surface area contributed by atoms with E-state index >= 15 is 0 Å². The first-order valence-corrected chi connectivity index (χ1v) is 9.04. The van der Waals surface area contributed by atoms with Gasteiger partial charge in [0.25, 0.3) is 5.91 Å². The molecular weight excluding hydrogens is 348 g/mol.